The van der Waals surface area contributed by atoms with Crippen LogP contribution in [-0.4, -0.2) is 52.1 Å². The van der Waals surface area contributed by atoms with Crippen molar-refractivity contribution in [3.63, 3.8) is 0 Å². The first-order valence-electron chi connectivity index (χ1n) is 11.1. The van der Waals surface area contributed by atoms with Gasteiger partial charge in [0.15, 0.2) is 0 Å². The minimum Gasteiger partial charge on any atom is -0.497 e. The monoisotopic (exact) mass is 472 g/mol. The van der Waals surface area contributed by atoms with Crippen LogP contribution in [0, 0.1) is 0 Å². The Labute approximate surface area is 196 Å². The summed E-state index contributed by atoms with van der Waals surface area (Å²) in [4.78, 5) is 13.8. The maximum Gasteiger partial charge on any atom is 0.305 e. The van der Waals surface area contributed by atoms with Gasteiger partial charge in [-0.25, -0.2) is 13.1 Å². The highest BCUT2D eigenvalue weighted by atomic mass is 32.2. The third kappa shape index (κ3) is 7.42. The van der Waals surface area contributed by atoms with Crippen molar-refractivity contribution in [1.82, 2.24) is 9.62 Å². The van der Waals surface area contributed by atoms with E-state index in [2.05, 4.69) is 38.6 Å². The van der Waals surface area contributed by atoms with E-state index in [0.29, 0.717) is 25.1 Å². The first-order valence-corrected chi connectivity index (χ1v) is 12.6. The number of allylic oxidation sites excluding steroid dienone is 1. The Balaban J connectivity index is 1.66. The number of hydrogen-bond donors (Lipinski definition) is 1. The Hall–Kier alpha value is -2.68. The Bertz CT molecular complexity index is 1020. The second-order valence-electron chi connectivity index (χ2n) is 8.11. The SMILES string of the molecule is COC(=O)CCC/C=C\[C@@H]1C[C@@H](NS(=O)(=O)c2ccc(OC)cc2)CN1Cc1ccccc1. The van der Waals surface area contributed by atoms with Crippen molar-refractivity contribution in [3.8, 4) is 5.75 Å². The molecule has 0 aromatic heterocycles. The first-order chi connectivity index (χ1) is 15.9. The van der Waals surface area contributed by atoms with E-state index in [9.17, 15) is 13.2 Å². The van der Waals surface area contributed by atoms with Gasteiger partial charge in [-0.2, -0.15) is 0 Å². The average molecular weight is 473 g/mol. The summed E-state index contributed by atoms with van der Waals surface area (Å²) in [7, 11) is -0.697. The molecule has 1 fully saturated rings. The molecule has 0 radical (unpaired) electrons. The van der Waals surface area contributed by atoms with Crippen LogP contribution in [0.3, 0.4) is 0 Å². The van der Waals surface area contributed by atoms with Crippen LogP contribution in [0.25, 0.3) is 0 Å². The van der Waals surface area contributed by atoms with Crippen molar-refractivity contribution in [1.29, 1.82) is 0 Å². The zero-order chi connectivity index (χ0) is 23.7. The highest BCUT2D eigenvalue weighted by Gasteiger charge is 2.33. The van der Waals surface area contributed by atoms with Crippen molar-refractivity contribution in [3.05, 3.63) is 72.3 Å². The second-order valence-corrected chi connectivity index (χ2v) is 9.82. The summed E-state index contributed by atoms with van der Waals surface area (Å²) in [5.74, 6) is 0.407. The van der Waals surface area contributed by atoms with Crippen LogP contribution in [-0.2, 0) is 26.1 Å². The Morgan fingerprint density at radius 3 is 2.52 bits per heavy atom. The average Bonchev–Trinajstić information content (AvgIpc) is 3.19. The molecule has 8 heteroatoms. The summed E-state index contributed by atoms with van der Waals surface area (Å²) in [5, 5.41) is 0. The van der Waals surface area contributed by atoms with Gasteiger partial charge in [0.1, 0.15) is 5.75 Å². The molecule has 2 atom stereocenters. The van der Waals surface area contributed by atoms with E-state index in [1.54, 1.807) is 31.4 Å². The van der Waals surface area contributed by atoms with Gasteiger partial charge in [-0.05, 0) is 49.1 Å². The van der Waals surface area contributed by atoms with E-state index < -0.39 is 10.0 Å². The molecule has 3 rings (SSSR count). The van der Waals surface area contributed by atoms with Crippen molar-refractivity contribution in [2.45, 2.75) is 49.2 Å². The standard InChI is InChI=1S/C25H32N2O5S/c1-31-23-13-15-24(16-14-23)33(29,30)26-21-17-22(11-7-4-8-12-25(28)32-2)27(19-21)18-20-9-5-3-6-10-20/h3,5-7,9-11,13-16,21-22,26H,4,8,12,17-19H2,1-2H3/b11-7-/t21-,22-/m1/s1. The Kier molecular flexibility index (Phi) is 9.05. The molecule has 7 nitrogen and oxygen atoms in total. The molecule has 33 heavy (non-hydrogen) atoms. The lowest BCUT2D eigenvalue weighted by Crippen LogP contribution is -2.37. The van der Waals surface area contributed by atoms with Gasteiger partial charge in [0.05, 0.1) is 19.1 Å². The first kappa shape index (κ1) is 25.0. The van der Waals surface area contributed by atoms with E-state index in [-0.39, 0.29) is 22.9 Å². The van der Waals surface area contributed by atoms with E-state index in [4.69, 9.17) is 4.74 Å². The number of nitrogens with one attached hydrogen (secondary N) is 1. The van der Waals surface area contributed by atoms with Crippen LogP contribution in [0.15, 0.2) is 71.6 Å². The summed E-state index contributed by atoms with van der Waals surface area (Å²) < 4.78 is 38.5. The number of nitrogens with zero attached hydrogens (tertiary/aromatic N) is 1. The van der Waals surface area contributed by atoms with E-state index in [1.165, 1.54) is 12.7 Å². The van der Waals surface area contributed by atoms with Gasteiger partial charge >= 0.3 is 5.97 Å². The van der Waals surface area contributed by atoms with E-state index >= 15 is 0 Å². The van der Waals surface area contributed by atoms with Crippen LogP contribution in [0.5, 0.6) is 5.75 Å². The number of carbonyl (C=O) groups is 1. The molecule has 1 aliphatic rings. The molecule has 0 spiro atoms. The van der Waals surface area contributed by atoms with Crippen molar-refractivity contribution >= 4 is 16.0 Å². The number of benzene rings is 2. The van der Waals surface area contributed by atoms with Crippen molar-refractivity contribution < 1.29 is 22.7 Å². The predicted molar refractivity (Wildman–Crippen MR) is 127 cm³/mol. The molecule has 2 aromatic carbocycles. The fourth-order valence-corrected chi connectivity index (χ4v) is 5.22. The molecule has 0 unspecified atom stereocenters. The number of sulfonamides is 1. The topological polar surface area (TPSA) is 84.9 Å². The second kappa shape index (κ2) is 12.0. The number of likely N-dealkylation sites (tertiary alicyclic amines) is 1. The summed E-state index contributed by atoms with van der Waals surface area (Å²) in [5.41, 5.74) is 1.18. The molecule has 0 aliphatic carbocycles. The lowest BCUT2D eigenvalue weighted by atomic mass is 10.1. The van der Waals surface area contributed by atoms with E-state index in [0.717, 1.165) is 19.4 Å². The fourth-order valence-electron chi connectivity index (χ4n) is 3.98. The Morgan fingerprint density at radius 1 is 1.12 bits per heavy atom. The molecule has 1 N–H and O–H groups in total. The fraction of sp³-hybridized carbons (Fsp3) is 0.400. The van der Waals surface area contributed by atoms with Gasteiger partial charge in [0.2, 0.25) is 10.0 Å². The number of unbranched alkanes of at least 4 members (excludes halogenated alkanes) is 1. The smallest absolute Gasteiger partial charge is 0.305 e. The molecule has 1 saturated heterocycles. The summed E-state index contributed by atoms with van der Waals surface area (Å²) >= 11 is 0. The lowest BCUT2D eigenvalue weighted by molar-refractivity contribution is -0.140. The van der Waals surface area contributed by atoms with Crippen LogP contribution in [0.2, 0.25) is 0 Å². The molecule has 0 saturated carbocycles. The molecule has 2 aromatic rings. The minimum atomic E-state index is -3.64. The van der Waals surface area contributed by atoms with Gasteiger partial charge < -0.3 is 9.47 Å². The number of methoxy groups -OCH3 is 2. The molecular formula is C25H32N2O5S. The van der Waals surface area contributed by atoms with E-state index in [1.807, 2.05) is 18.2 Å². The van der Waals surface area contributed by atoms with Gasteiger partial charge in [-0.3, -0.25) is 9.69 Å². The third-order valence-corrected chi connectivity index (χ3v) is 7.24. The van der Waals surface area contributed by atoms with Crippen LogP contribution >= 0.6 is 0 Å². The summed E-state index contributed by atoms with van der Waals surface area (Å²) in [6.45, 7) is 1.35. The van der Waals surface area contributed by atoms with Gasteiger partial charge in [0, 0.05) is 31.6 Å². The number of carbonyl (C=O) groups excluding carboxylic acids is 1. The normalized spacial score (nSPS) is 19.1. The highest BCUT2D eigenvalue weighted by Crippen LogP contribution is 2.24. The minimum absolute atomic E-state index is 0.104. The molecule has 0 bridgehead atoms. The largest absolute Gasteiger partial charge is 0.497 e. The molecule has 0 amide bonds. The number of rotatable bonds is 11. The van der Waals surface area contributed by atoms with Crippen LogP contribution < -0.4 is 9.46 Å². The van der Waals surface area contributed by atoms with Crippen molar-refractivity contribution in [2.75, 3.05) is 20.8 Å². The van der Waals surface area contributed by atoms with Crippen molar-refractivity contribution in [2.24, 2.45) is 0 Å². The van der Waals surface area contributed by atoms with Gasteiger partial charge in [0.25, 0.3) is 0 Å². The maximum absolute atomic E-state index is 12.9. The predicted octanol–water partition coefficient (Wildman–Crippen LogP) is 3.52. The molecule has 1 heterocycles. The molecule has 178 valence electrons. The summed E-state index contributed by atoms with van der Waals surface area (Å²) in [6, 6.07) is 16.4. The van der Waals surface area contributed by atoms with Crippen LogP contribution in [0.4, 0.5) is 0 Å². The number of hydrogen-bond acceptors (Lipinski definition) is 6. The highest BCUT2D eigenvalue weighted by molar-refractivity contribution is 7.89. The third-order valence-electron chi connectivity index (χ3n) is 5.71. The summed E-state index contributed by atoms with van der Waals surface area (Å²) in [6.07, 6.45) is 6.77. The zero-order valence-corrected chi connectivity index (χ0v) is 20.0. The van der Waals surface area contributed by atoms with Gasteiger partial charge in [-0.15, -0.1) is 0 Å². The quantitative estimate of drug-likeness (QED) is 0.306. The maximum atomic E-state index is 12.9. The lowest BCUT2D eigenvalue weighted by Gasteiger charge is -2.22. The zero-order valence-electron chi connectivity index (χ0n) is 19.1. The number of esters is 1. The van der Waals surface area contributed by atoms with Crippen LogP contribution in [0.1, 0.15) is 31.2 Å². The Morgan fingerprint density at radius 2 is 1.85 bits per heavy atom. The number of ether oxygens (including phenoxy) is 2. The molecule has 1 aliphatic heterocycles. The van der Waals surface area contributed by atoms with Gasteiger partial charge in [-0.1, -0.05) is 42.5 Å². The molecular weight excluding hydrogens is 440 g/mol.